The molecule has 2 aromatic carbocycles. The van der Waals surface area contributed by atoms with Crippen molar-refractivity contribution in [3.8, 4) is 0 Å². The zero-order chi connectivity index (χ0) is 18.9. The number of aliphatic imine (C=N–C) groups is 1. The average molecular weight is 510 g/mol. The van der Waals surface area contributed by atoms with Gasteiger partial charge in [0.2, 0.25) is 0 Å². The maximum atomic E-state index is 6.03. The molecule has 0 aliphatic heterocycles. The Morgan fingerprint density at radius 3 is 2.61 bits per heavy atom. The minimum absolute atomic E-state index is 0. The number of halogens is 2. The summed E-state index contributed by atoms with van der Waals surface area (Å²) in [6.45, 7) is 2.24. The Kier molecular flexibility index (Phi) is 9.30. The van der Waals surface area contributed by atoms with Crippen molar-refractivity contribution in [1.82, 2.24) is 20.4 Å². The van der Waals surface area contributed by atoms with E-state index in [1.807, 2.05) is 35.1 Å². The van der Waals surface area contributed by atoms with Gasteiger partial charge in [0.25, 0.3) is 0 Å². The lowest BCUT2D eigenvalue weighted by atomic mass is 10.1. The maximum absolute atomic E-state index is 6.03. The molecule has 7 heteroatoms. The predicted octanol–water partition coefficient (Wildman–Crippen LogP) is 4.11. The van der Waals surface area contributed by atoms with Gasteiger partial charge in [-0.15, -0.1) is 24.0 Å². The Bertz CT molecular complexity index is 880. The second kappa shape index (κ2) is 11.7. The van der Waals surface area contributed by atoms with Crippen molar-refractivity contribution in [2.75, 3.05) is 13.6 Å². The first-order valence-corrected chi connectivity index (χ1v) is 9.35. The molecule has 0 radical (unpaired) electrons. The molecule has 0 unspecified atom stereocenters. The number of hydrogen-bond donors (Lipinski definition) is 2. The fourth-order valence-electron chi connectivity index (χ4n) is 2.87. The first-order valence-electron chi connectivity index (χ1n) is 8.98. The molecule has 0 aliphatic rings. The second-order valence-electron chi connectivity index (χ2n) is 6.20. The molecule has 0 bridgehead atoms. The van der Waals surface area contributed by atoms with Gasteiger partial charge in [-0.05, 0) is 41.3 Å². The molecular formula is C21H25ClIN5. The van der Waals surface area contributed by atoms with Crippen LogP contribution in [0.1, 0.15) is 16.7 Å². The van der Waals surface area contributed by atoms with Crippen molar-refractivity contribution >= 4 is 41.5 Å². The van der Waals surface area contributed by atoms with E-state index in [0.717, 1.165) is 30.5 Å². The minimum Gasteiger partial charge on any atom is -0.356 e. The molecule has 0 aliphatic carbocycles. The standard InChI is InChI=1S/C21H24ClN5.HI/c1-23-21(24-12-10-17-6-4-9-20(22)14-17)25-15-18-7-2-3-8-19(18)16-27-13-5-11-26-27;/h2-9,11,13-14H,10,12,15-16H2,1H3,(H2,23,24,25);1H. The highest BCUT2D eigenvalue weighted by Crippen LogP contribution is 2.11. The molecule has 0 fully saturated rings. The Morgan fingerprint density at radius 2 is 1.89 bits per heavy atom. The molecule has 0 saturated heterocycles. The number of nitrogens with zero attached hydrogens (tertiary/aromatic N) is 3. The summed E-state index contributed by atoms with van der Waals surface area (Å²) < 4.78 is 1.93. The summed E-state index contributed by atoms with van der Waals surface area (Å²) in [5.41, 5.74) is 3.67. The van der Waals surface area contributed by atoms with Crippen molar-refractivity contribution in [3.63, 3.8) is 0 Å². The first kappa shape index (κ1) is 22.2. The third-order valence-electron chi connectivity index (χ3n) is 4.27. The van der Waals surface area contributed by atoms with E-state index in [-0.39, 0.29) is 24.0 Å². The Morgan fingerprint density at radius 1 is 1.07 bits per heavy atom. The highest BCUT2D eigenvalue weighted by atomic mass is 127. The zero-order valence-corrected chi connectivity index (χ0v) is 18.9. The molecule has 3 aromatic rings. The zero-order valence-electron chi connectivity index (χ0n) is 15.8. The van der Waals surface area contributed by atoms with Gasteiger partial charge in [-0.25, -0.2) is 0 Å². The van der Waals surface area contributed by atoms with E-state index in [0.29, 0.717) is 6.54 Å². The van der Waals surface area contributed by atoms with Crippen LogP contribution in [-0.2, 0) is 19.5 Å². The van der Waals surface area contributed by atoms with E-state index in [9.17, 15) is 0 Å². The van der Waals surface area contributed by atoms with E-state index >= 15 is 0 Å². The topological polar surface area (TPSA) is 54.2 Å². The van der Waals surface area contributed by atoms with Crippen LogP contribution in [0.15, 0.2) is 72.0 Å². The van der Waals surface area contributed by atoms with Gasteiger partial charge in [0.1, 0.15) is 0 Å². The third-order valence-corrected chi connectivity index (χ3v) is 4.51. The number of hydrogen-bond acceptors (Lipinski definition) is 2. The molecule has 3 rings (SSSR count). The fraction of sp³-hybridized carbons (Fsp3) is 0.238. The Labute approximate surface area is 188 Å². The average Bonchev–Trinajstić information content (AvgIpc) is 3.19. The van der Waals surface area contributed by atoms with Gasteiger partial charge < -0.3 is 10.6 Å². The van der Waals surface area contributed by atoms with Crippen molar-refractivity contribution in [3.05, 3.63) is 88.7 Å². The molecule has 1 aromatic heterocycles. The van der Waals surface area contributed by atoms with Gasteiger partial charge in [-0.3, -0.25) is 9.67 Å². The summed E-state index contributed by atoms with van der Waals surface area (Å²) in [7, 11) is 1.78. The lowest BCUT2D eigenvalue weighted by molar-refractivity contribution is 0.677. The summed E-state index contributed by atoms with van der Waals surface area (Å²) in [6.07, 6.45) is 4.66. The molecule has 28 heavy (non-hydrogen) atoms. The number of nitrogens with one attached hydrogen (secondary N) is 2. The van der Waals surface area contributed by atoms with Crippen LogP contribution in [0.25, 0.3) is 0 Å². The van der Waals surface area contributed by atoms with Gasteiger partial charge >= 0.3 is 0 Å². The maximum Gasteiger partial charge on any atom is 0.191 e. The summed E-state index contributed by atoms with van der Waals surface area (Å²) in [6, 6.07) is 18.2. The van der Waals surface area contributed by atoms with Crippen LogP contribution in [-0.4, -0.2) is 29.3 Å². The van der Waals surface area contributed by atoms with E-state index in [1.54, 1.807) is 13.2 Å². The van der Waals surface area contributed by atoms with Crippen LogP contribution >= 0.6 is 35.6 Å². The van der Waals surface area contributed by atoms with Gasteiger partial charge in [-0.1, -0.05) is 48.0 Å². The molecule has 0 amide bonds. The number of rotatable bonds is 7. The van der Waals surface area contributed by atoms with Gasteiger partial charge in [0, 0.05) is 37.6 Å². The van der Waals surface area contributed by atoms with E-state index in [1.165, 1.54) is 16.7 Å². The number of benzene rings is 2. The summed E-state index contributed by atoms with van der Waals surface area (Å²) in [4.78, 5) is 4.31. The lowest BCUT2D eigenvalue weighted by Crippen LogP contribution is -2.38. The number of aromatic nitrogens is 2. The van der Waals surface area contributed by atoms with Crippen molar-refractivity contribution in [1.29, 1.82) is 0 Å². The van der Waals surface area contributed by atoms with Gasteiger partial charge in [0.05, 0.1) is 6.54 Å². The Balaban J connectivity index is 0.00000280. The molecule has 1 heterocycles. The summed E-state index contributed by atoms with van der Waals surface area (Å²) in [5.74, 6) is 0.783. The first-order chi connectivity index (χ1) is 13.2. The van der Waals surface area contributed by atoms with Crippen LogP contribution in [0, 0.1) is 0 Å². The summed E-state index contributed by atoms with van der Waals surface area (Å²) in [5, 5.41) is 11.8. The van der Waals surface area contributed by atoms with Crippen LogP contribution in [0.3, 0.4) is 0 Å². The summed E-state index contributed by atoms with van der Waals surface area (Å²) >= 11 is 6.03. The fourth-order valence-corrected chi connectivity index (χ4v) is 3.08. The molecule has 2 N–H and O–H groups in total. The third kappa shape index (κ3) is 6.83. The monoisotopic (exact) mass is 509 g/mol. The normalized spacial score (nSPS) is 11.0. The van der Waals surface area contributed by atoms with E-state index in [2.05, 4.69) is 51.1 Å². The SMILES string of the molecule is CN=C(NCCc1cccc(Cl)c1)NCc1ccccc1Cn1cccn1.I. The van der Waals surface area contributed by atoms with Gasteiger partial charge in [0.15, 0.2) is 5.96 Å². The van der Waals surface area contributed by atoms with Crippen LogP contribution in [0.2, 0.25) is 5.02 Å². The largest absolute Gasteiger partial charge is 0.356 e. The highest BCUT2D eigenvalue weighted by Gasteiger charge is 2.05. The van der Waals surface area contributed by atoms with Crippen molar-refractivity contribution in [2.24, 2.45) is 4.99 Å². The molecule has 0 atom stereocenters. The smallest absolute Gasteiger partial charge is 0.191 e. The van der Waals surface area contributed by atoms with Crippen molar-refractivity contribution in [2.45, 2.75) is 19.5 Å². The van der Waals surface area contributed by atoms with E-state index < -0.39 is 0 Å². The van der Waals surface area contributed by atoms with Crippen molar-refractivity contribution < 1.29 is 0 Å². The number of guanidine groups is 1. The van der Waals surface area contributed by atoms with E-state index in [4.69, 9.17) is 11.6 Å². The predicted molar refractivity (Wildman–Crippen MR) is 127 cm³/mol. The van der Waals surface area contributed by atoms with Crippen LogP contribution < -0.4 is 10.6 Å². The molecule has 5 nitrogen and oxygen atoms in total. The van der Waals surface area contributed by atoms with Crippen LogP contribution in [0.5, 0.6) is 0 Å². The lowest BCUT2D eigenvalue weighted by Gasteiger charge is -2.14. The second-order valence-corrected chi connectivity index (χ2v) is 6.64. The van der Waals surface area contributed by atoms with Gasteiger partial charge in [-0.2, -0.15) is 5.10 Å². The molecular weight excluding hydrogens is 485 g/mol. The molecule has 0 saturated carbocycles. The Hall–Kier alpha value is -2.06. The van der Waals surface area contributed by atoms with Crippen LogP contribution in [0.4, 0.5) is 0 Å². The molecule has 0 spiro atoms. The quantitative estimate of drug-likeness (QED) is 0.286. The highest BCUT2D eigenvalue weighted by molar-refractivity contribution is 14.0. The minimum atomic E-state index is 0. The molecule has 148 valence electrons.